The van der Waals surface area contributed by atoms with E-state index in [4.69, 9.17) is 9.47 Å². The fraction of sp³-hybridized carbons (Fsp3) is 0.500. The summed E-state index contributed by atoms with van der Waals surface area (Å²) in [6.45, 7) is 1.75. The minimum Gasteiger partial charge on any atom is -0.493 e. The molecule has 80 valence electrons. The summed E-state index contributed by atoms with van der Waals surface area (Å²) in [5.74, 6) is 2.37. The summed E-state index contributed by atoms with van der Waals surface area (Å²) in [5, 5.41) is 0. The van der Waals surface area contributed by atoms with Gasteiger partial charge in [0.05, 0.1) is 12.7 Å². The highest BCUT2D eigenvalue weighted by atomic mass is 79.9. The van der Waals surface area contributed by atoms with Gasteiger partial charge >= 0.3 is 0 Å². The Balaban J connectivity index is 1.52. The van der Waals surface area contributed by atoms with Crippen LogP contribution >= 0.6 is 15.9 Å². The lowest BCUT2D eigenvalue weighted by molar-refractivity contribution is 0.123. The Hall–Kier alpha value is -0.540. The second-order valence-electron chi connectivity index (χ2n) is 4.22. The van der Waals surface area contributed by atoms with E-state index >= 15 is 0 Å². The van der Waals surface area contributed by atoms with Crippen LogP contribution in [0.5, 0.6) is 5.75 Å². The minimum atomic E-state index is 0.500. The van der Waals surface area contributed by atoms with Gasteiger partial charge in [0.2, 0.25) is 0 Å². The summed E-state index contributed by atoms with van der Waals surface area (Å²) in [7, 11) is 0. The van der Waals surface area contributed by atoms with Crippen LogP contribution in [0.3, 0.4) is 0 Å². The standard InChI is InChI=1S/C12H13BrO2/c13-8-1-3-9(4-2-8)15-7-11-10-5-6-14-12(10)11/h1-4,10-12H,5-7H2/t10-,11-,12-/m1/s1. The number of fused-ring (bicyclic) bond motifs is 1. The molecule has 1 saturated heterocycles. The third-order valence-electron chi connectivity index (χ3n) is 3.27. The van der Waals surface area contributed by atoms with Gasteiger partial charge in [-0.05, 0) is 36.6 Å². The van der Waals surface area contributed by atoms with Crippen LogP contribution < -0.4 is 4.74 Å². The minimum absolute atomic E-state index is 0.500. The van der Waals surface area contributed by atoms with Crippen LogP contribution in [-0.4, -0.2) is 19.3 Å². The Morgan fingerprint density at radius 1 is 1.33 bits per heavy atom. The lowest BCUT2D eigenvalue weighted by atomic mass is 10.2. The molecule has 3 heteroatoms. The maximum atomic E-state index is 5.72. The summed E-state index contributed by atoms with van der Waals surface area (Å²) in [4.78, 5) is 0. The number of rotatable bonds is 3. The molecule has 1 aliphatic heterocycles. The van der Waals surface area contributed by atoms with Crippen LogP contribution in [0.2, 0.25) is 0 Å². The molecule has 1 heterocycles. The summed E-state index contributed by atoms with van der Waals surface area (Å²) in [6, 6.07) is 7.98. The highest BCUT2D eigenvalue weighted by Crippen LogP contribution is 2.48. The van der Waals surface area contributed by atoms with Crippen LogP contribution in [0.1, 0.15) is 6.42 Å². The first-order chi connectivity index (χ1) is 7.34. The molecule has 2 aliphatic rings. The Kier molecular flexibility index (Phi) is 2.45. The van der Waals surface area contributed by atoms with E-state index in [0.717, 1.165) is 29.4 Å². The van der Waals surface area contributed by atoms with Crippen molar-refractivity contribution in [1.29, 1.82) is 0 Å². The maximum Gasteiger partial charge on any atom is 0.119 e. The monoisotopic (exact) mass is 268 g/mol. The van der Waals surface area contributed by atoms with Crippen molar-refractivity contribution >= 4 is 15.9 Å². The summed E-state index contributed by atoms with van der Waals surface area (Å²) in [5.41, 5.74) is 0. The van der Waals surface area contributed by atoms with E-state index in [9.17, 15) is 0 Å². The van der Waals surface area contributed by atoms with Crippen molar-refractivity contribution in [2.45, 2.75) is 12.5 Å². The fourth-order valence-corrected chi connectivity index (χ4v) is 2.58. The fourth-order valence-electron chi connectivity index (χ4n) is 2.32. The van der Waals surface area contributed by atoms with E-state index in [0.29, 0.717) is 12.0 Å². The molecule has 0 bridgehead atoms. The molecule has 1 aromatic rings. The van der Waals surface area contributed by atoms with Crippen LogP contribution in [0.25, 0.3) is 0 Å². The van der Waals surface area contributed by atoms with Crippen LogP contribution in [0.15, 0.2) is 28.7 Å². The zero-order valence-electron chi connectivity index (χ0n) is 8.36. The van der Waals surface area contributed by atoms with Crippen molar-refractivity contribution in [3.05, 3.63) is 28.7 Å². The molecule has 0 spiro atoms. The molecule has 0 unspecified atom stereocenters. The summed E-state index contributed by atoms with van der Waals surface area (Å²) < 4.78 is 12.4. The van der Waals surface area contributed by atoms with Gasteiger partial charge in [-0.25, -0.2) is 0 Å². The Morgan fingerprint density at radius 2 is 2.13 bits per heavy atom. The summed E-state index contributed by atoms with van der Waals surface area (Å²) >= 11 is 3.40. The van der Waals surface area contributed by atoms with Crippen molar-refractivity contribution < 1.29 is 9.47 Å². The molecule has 3 atom stereocenters. The van der Waals surface area contributed by atoms with Gasteiger partial charge in [-0.2, -0.15) is 0 Å². The van der Waals surface area contributed by atoms with Crippen LogP contribution in [0.4, 0.5) is 0 Å². The zero-order valence-corrected chi connectivity index (χ0v) is 9.94. The van der Waals surface area contributed by atoms with Crippen molar-refractivity contribution in [1.82, 2.24) is 0 Å². The molecule has 0 radical (unpaired) electrons. The molecule has 2 fully saturated rings. The number of hydrogen-bond acceptors (Lipinski definition) is 2. The van der Waals surface area contributed by atoms with Crippen molar-refractivity contribution in [3.63, 3.8) is 0 Å². The van der Waals surface area contributed by atoms with E-state index in [2.05, 4.69) is 15.9 Å². The third-order valence-corrected chi connectivity index (χ3v) is 3.80. The van der Waals surface area contributed by atoms with Gasteiger partial charge in [-0.1, -0.05) is 15.9 Å². The van der Waals surface area contributed by atoms with Gasteiger partial charge in [0.25, 0.3) is 0 Å². The molecule has 15 heavy (non-hydrogen) atoms. The first kappa shape index (κ1) is 9.67. The topological polar surface area (TPSA) is 18.5 Å². The van der Waals surface area contributed by atoms with Crippen LogP contribution in [-0.2, 0) is 4.74 Å². The Labute approximate surface area is 97.7 Å². The van der Waals surface area contributed by atoms with Gasteiger partial charge in [-0.15, -0.1) is 0 Å². The maximum absolute atomic E-state index is 5.72. The van der Waals surface area contributed by atoms with Gasteiger partial charge in [-0.3, -0.25) is 0 Å². The first-order valence-corrected chi connectivity index (χ1v) is 6.14. The molecule has 1 saturated carbocycles. The quantitative estimate of drug-likeness (QED) is 0.840. The largest absolute Gasteiger partial charge is 0.493 e. The lowest BCUT2D eigenvalue weighted by Gasteiger charge is -2.07. The lowest BCUT2D eigenvalue weighted by Crippen LogP contribution is -2.07. The second kappa shape index (κ2) is 3.80. The molecular formula is C12H13BrO2. The predicted octanol–water partition coefficient (Wildman–Crippen LogP) is 2.86. The normalized spacial score (nSPS) is 32.5. The molecule has 3 rings (SSSR count). The average molecular weight is 269 g/mol. The third kappa shape index (κ3) is 1.91. The highest BCUT2D eigenvalue weighted by Gasteiger charge is 2.54. The molecule has 2 nitrogen and oxygen atoms in total. The smallest absolute Gasteiger partial charge is 0.119 e. The second-order valence-corrected chi connectivity index (χ2v) is 5.13. The van der Waals surface area contributed by atoms with Gasteiger partial charge < -0.3 is 9.47 Å². The van der Waals surface area contributed by atoms with E-state index in [-0.39, 0.29) is 0 Å². The number of hydrogen-bond donors (Lipinski definition) is 0. The van der Waals surface area contributed by atoms with Crippen molar-refractivity contribution in [2.75, 3.05) is 13.2 Å². The molecule has 0 aromatic heterocycles. The Morgan fingerprint density at radius 3 is 2.80 bits per heavy atom. The average Bonchev–Trinajstić information content (AvgIpc) is 2.71. The molecule has 1 aliphatic carbocycles. The van der Waals surface area contributed by atoms with Gasteiger partial charge in [0, 0.05) is 17.0 Å². The molecule has 0 N–H and O–H groups in total. The van der Waals surface area contributed by atoms with E-state index < -0.39 is 0 Å². The number of benzene rings is 1. The van der Waals surface area contributed by atoms with Crippen molar-refractivity contribution in [3.8, 4) is 5.75 Å². The van der Waals surface area contributed by atoms with Crippen LogP contribution in [0, 0.1) is 11.8 Å². The predicted molar refractivity (Wildman–Crippen MR) is 61.0 cm³/mol. The van der Waals surface area contributed by atoms with Gasteiger partial charge in [0.1, 0.15) is 5.75 Å². The number of halogens is 1. The van der Waals surface area contributed by atoms with E-state index in [1.165, 1.54) is 6.42 Å². The summed E-state index contributed by atoms with van der Waals surface area (Å²) in [6.07, 6.45) is 1.72. The SMILES string of the molecule is Brc1ccc(OC[C@@H]2[C@H]3CCO[C@H]32)cc1. The van der Waals surface area contributed by atoms with Crippen molar-refractivity contribution in [2.24, 2.45) is 11.8 Å². The van der Waals surface area contributed by atoms with E-state index in [1.54, 1.807) is 0 Å². The molecule has 0 amide bonds. The van der Waals surface area contributed by atoms with E-state index in [1.807, 2.05) is 24.3 Å². The molecular weight excluding hydrogens is 256 g/mol. The first-order valence-electron chi connectivity index (χ1n) is 5.34. The Bertz CT molecular complexity index is 339. The zero-order chi connectivity index (χ0) is 10.3. The highest BCUT2D eigenvalue weighted by molar-refractivity contribution is 9.10. The molecule has 1 aromatic carbocycles. The number of ether oxygens (including phenoxy) is 2. The van der Waals surface area contributed by atoms with Gasteiger partial charge in [0.15, 0.2) is 0 Å².